The Kier molecular flexibility index (Phi) is 5.95. The molecule has 0 aromatic carbocycles. The lowest BCUT2D eigenvalue weighted by molar-refractivity contribution is -0.125. The number of hydrogen-bond donors (Lipinski definition) is 2. The maximum atomic E-state index is 11.5. The second kappa shape index (κ2) is 6.14. The smallest absolute Gasteiger partial charge is 0.224 e. The number of carbonyl (C=O) groups is 1. The zero-order chi connectivity index (χ0) is 11.3. The largest absolute Gasteiger partial charge is 0.352 e. The average molecular weight is 220 g/mol. The Morgan fingerprint density at radius 1 is 1.43 bits per heavy atom. The minimum Gasteiger partial charge on any atom is -0.352 e. The molecule has 3 N–H and O–H groups in total. The van der Waals surface area contributed by atoms with E-state index in [0.29, 0.717) is 5.75 Å². The SMILES string of the molecule is CC(CS(C)=O)NC(=O)C(C)C(C)N. The molecule has 0 spiro atoms. The van der Waals surface area contributed by atoms with Crippen LogP contribution < -0.4 is 11.1 Å². The zero-order valence-corrected chi connectivity index (χ0v) is 10.1. The first-order valence-electron chi connectivity index (χ1n) is 4.70. The minimum absolute atomic E-state index is 0.0606. The molecule has 0 fully saturated rings. The molecule has 0 aromatic rings. The number of nitrogens with one attached hydrogen (secondary N) is 1. The molecule has 0 aliphatic carbocycles. The van der Waals surface area contributed by atoms with Crippen LogP contribution in [0.25, 0.3) is 0 Å². The topological polar surface area (TPSA) is 72.2 Å². The highest BCUT2D eigenvalue weighted by Gasteiger charge is 2.18. The molecule has 1 amide bonds. The molecule has 0 aliphatic rings. The van der Waals surface area contributed by atoms with Gasteiger partial charge in [-0.3, -0.25) is 9.00 Å². The summed E-state index contributed by atoms with van der Waals surface area (Å²) in [6.45, 7) is 5.43. The van der Waals surface area contributed by atoms with E-state index in [-0.39, 0.29) is 23.9 Å². The van der Waals surface area contributed by atoms with Gasteiger partial charge in [0.15, 0.2) is 0 Å². The Labute approximate surface area is 88.1 Å². The van der Waals surface area contributed by atoms with Crippen LogP contribution in [-0.2, 0) is 15.6 Å². The van der Waals surface area contributed by atoms with Crippen molar-refractivity contribution in [2.45, 2.75) is 32.9 Å². The van der Waals surface area contributed by atoms with E-state index in [0.717, 1.165) is 0 Å². The number of nitrogens with two attached hydrogens (primary N) is 1. The highest BCUT2D eigenvalue weighted by molar-refractivity contribution is 7.84. The molecular formula is C9H20N2O2S. The molecule has 0 aromatic heterocycles. The summed E-state index contributed by atoms with van der Waals surface area (Å²) < 4.78 is 10.9. The fourth-order valence-electron chi connectivity index (χ4n) is 1.01. The predicted octanol–water partition coefficient (Wildman–Crippen LogP) is -0.147. The fourth-order valence-corrected chi connectivity index (χ4v) is 1.79. The zero-order valence-electron chi connectivity index (χ0n) is 9.24. The van der Waals surface area contributed by atoms with Crippen LogP contribution in [0.15, 0.2) is 0 Å². The quantitative estimate of drug-likeness (QED) is 0.677. The van der Waals surface area contributed by atoms with Crippen LogP contribution >= 0.6 is 0 Å². The van der Waals surface area contributed by atoms with Crippen molar-refractivity contribution in [3.63, 3.8) is 0 Å². The van der Waals surface area contributed by atoms with Crippen molar-refractivity contribution < 1.29 is 9.00 Å². The van der Waals surface area contributed by atoms with Crippen LogP contribution in [0.1, 0.15) is 20.8 Å². The first-order chi connectivity index (χ1) is 6.34. The Bertz CT molecular complexity index is 219. The third kappa shape index (κ3) is 5.34. The summed E-state index contributed by atoms with van der Waals surface area (Å²) >= 11 is 0. The summed E-state index contributed by atoms with van der Waals surface area (Å²) in [5.41, 5.74) is 5.59. The lowest BCUT2D eigenvalue weighted by Crippen LogP contribution is -2.44. The van der Waals surface area contributed by atoms with Gasteiger partial charge in [-0.15, -0.1) is 0 Å². The van der Waals surface area contributed by atoms with Gasteiger partial charge in [-0.1, -0.05) is 6.92 Å². The Morgan fingerprint density at radius 2 is 1.93 bits per heavy atom. The van der Waals surface area contributed by atoms with Gasteiger partial charge < -0.3 is 11.1 Å². The van der Waals surface area contributed by atoms with E-state index in [2.05, 4.69) is 5.32 Å². The van der Waals surface area contributed by atoms with E-state index in [1.165, 1.54) is 0 Å². The molecule has 0 bridgehead atoms. The summed E-state index contributed by atoms with van der Waals surface area (Å²) in [5, 5.41) is 2.78. The van der Waals surface area contributed by atoms with Gasteiger partial charge >= 0.3 is 0 Å². The molecule has 0 aliphatic heterocycles. The maximum absolute atomic E-state index is 11.5. The molecule has 84 valence electrons. The Hall–Kier alpha value is -0.420. The number of rotatable bonds is 5. The fraction of sp³-hybridized carbons (Fsp3) is 0.889. The molecule has 4 nitrogen and oxygen atoms in total. The summed E-state index contributed by atoms with van der Waals surface area (Å²) in [5.74, 6) is 0.206. The van der Waals surface area contributed by atoms with Gasteiger partial charge in [-0.2, -0.15) is 0 Å². The Morgan fingerprint density at radius 3 is 2.29 bits per heavy atom. The lowest BCUT2D eigenvalue weighted by atomic mass is 10.0. The molecule has 14 heavy (non-hydrogen) atoms. The van der Waals surface area contributed by atoms with Crippen molar-refractivity contribution in [3.8, 4) is 0 Å². The van der Waals surface area contributed by atoms with Crippen LogP contribution in [-0.4, -0.2) is 34.2 Å². The molecule has 0 rings (SSSR count). The second-order valence-corrected chi connectivity index (χ2v) is 5.28. The molecule has 5 heteroatoms. The summed E-state index contributed by atoms with van der Waals surface area (Å²) in [6, 6.07) is -0.219. The van der Waals surface area contributed by atoms with Crippen molar-refractivity contribution in [2.24, 2.45) is 11.7 Å². The first-order valence-corrected chi connectivity index (χ1v) is 6.43. The van der Waals surface area contributed by atoms with Crippen LogP contribution in [0.2, 0.25) is 0 Å². The van der Waals surface area contributed by atoms with Crippen molar-refractivity contribution in [1.82, 2.24) is 5.32 Å². The monoisotopic (exact) mass is 220 g/mol. The minimum atomic E-state index is -0.882. The van der Waals surface area contributed by atoms with Gasteiger partial charge in [0, 0.05) is 40.8 Å². The second-order valence-electron chi connectivity index (χ2n) is 3.80. The molecule has 4 atom stereocenters. The van der Waals surface area contributed by atoms with Crippen LogP contribution in [0.5, 0.6) is 0 Å². The highest BCUT2D eigenvalue weighted by atomic mass is 32.2. The average Bonchev–Trinajstić information content (AvgIpc) is 2.00. The molecule has 0 heterocycles. The van der Waals surface area contributed by atoms with E-state index in [4.69, 9.17) is 5.73 Å². The first kappa shape index (κ1) is 13.6. The number of amides is 1. The van der Waals surface area contributed by atoms with E-state index >= 15 is 0 Å². The van der Waals surface area contributed by atoms with E-state index in [1.54, 1.807) is 20.1 Å². The van der Waals surface area contributed by atoms with Crippen molar-refractivity contribution in [2.75, 3.05) is 12.0 Å². The molecule has 0 radical (unpaired) electrons. The lowest BCUT2D eigenvalue weighted by Gasteiger charge is -2.18. The molecule has 4 unspecified atom stereocenters. The standard InChI is InChI=1S/C9H20N2O2S/c1-6(5-14(4)13)11-9(12)7(2)8(3)10/h6-8H,5,10H2,1-4H3,(H,11,12). The summed E-state index contributed by atoms with van der Waals surface area (Å²) in [7, 11) is -0.882. The normalized spacial score (nSPS) is 19.5. The predicted molar refractivity (Wildman–Crippen MR) is 59.4 cm³/mol. The Balaban J connectivity index is 3.99. The summed E-state index contributed by atoms with van der Waals surface area (Å²) in [4.78, 5) is 11.5. The maximum Gasteiger partial charge on any atom is 0.224 e. The van der Waals surface area contributed by atoms with Crippen molar-refractivity contribution >= 4 is 16.7 Å². The third-order valence-corrected chi connectivity index (χ3v) is 3.05. The molecule has 0 saturated heterocycles. The highest BCUT2D eigenvalue weighted by Crippen LogP contribution is 2.00. The third-order valence-electron chi connectivity index (χ3n) is 2.08. The summed E-state index contributed by atoms with van der Waals surface area (Å²) in [6.07, 6.45) is 1.62. The van der Waals surface area contributed by atoms with E-state index in [9.17, 15) is 9.00 Å². The van der Waals surface area contributed by atoms with Crippen molar-refractivity contribution in [3.05, 3.63) is 0 Å². The van der Waals surface area contributed by atoms with Crippen LogP contribution in [0.4, 0.5) is 0 Å². The molecule has 0 saturated carbocycles. The number of hydrogen-bond acceptors (Lipinski definition) is 3. The molecular weight excluding hydrogens is 200 g/mol. The van der Waals surface area contributed by atoms with Gasteiger partial charge in [0.05, 0.1) is 0 Å². The van der Waals surface area contributed by atoms with Crippen molar-refractivity contribution in [1.29, 1.82) is 0 Å². The van der Waals surface area contributed by atoms with E-state index < -0.39 is 10.8 Å². The van der Waals surface area contributed by atoms with E-state index in [1.807, 2.05) is 6.92 Å². The van der Waals surface area contributed by atoms with Gasteiger partial charge in [-0.05, 0) is 13.8 Å². The van der Waals surface area contributed by atoms with Gasteiger partial charge in [0.1, 0.15) is 0 Å². The van der Waals surface area contributed by atoms with Gasteiger partial charge in [-0.25, -0.2) is 0 Å². The van der Waals surface area contributed by atoms with Crippen LogP contribution in [0.3, 0.4) is 0 Å². The number of carbonyl (C=O) groups excluding carboxylic acids is 1. The van der Waals surface area contributed by atoms with Gasteiger partial charge in [0.2, 0.25) is 5.91 Å². The van der Waals surface area contributed by atoms with Gasteiger partial charge in [0.25, 0.3) is 0 Å². The van der Waals surface area contributed by atoms with Crippen LogP contribution in [0, 0.1) is 5.92 Å².